The Morgan fingerprint density at radius 3 is 1.97 bits per heavy atom. The molecule has 9 rings (SSSR count). The van der Waals surface area contributed by atoms with Crippen LogP contribution in [0.1, 0.15) is 95.7 Å². The first-order valence-electron chi connectivity index (χ1n) is 21.6. The van der Waals surface area contributed by atoms with Crippen LogP contribution in [-0.4, -0.2) is 14.5 Å². The van der Waals surface area contributed by atoms with Gasteiger partial charge in [0, 0.05) is 56.2 Å². The number of pyridine rings is 2. The van der Waals surface area contributed by atoms with Gasteiger partial charge in [-0.05, 0) is 124 Å². The van der Waals surface area contributed by atoms with Crippen LogP contribution in [0.25, 0.3) is 38.8 Å². The average Bonchev–Trinajstić information content (AvgIpc) is 3.75. The van der Waals surface area contributed by atoms with Gasteiger partial charge in [0.15, 0.2) is 0 Å². The van der Waals surface area contributed by atoms with Gasteiger partial charge in [0.2, 0.25) is 0 Å². The molecule has 0 saturated carbocycles. The van der Waals surface area contributed by atoms with Crippen LogP contribution in [0.4, 0.5) is 22.9 Å². The van der Waals surface area contributed by atoms with E-state index in [9.17, 15) is 0 Å². The zero-order chi connectivity index (χ0) is 43.9. The van der Waals surface area contributed by atoms with Crippen LogP contribution >= 0.6 is 0 Å². The van der Waals surface area contributed by atoms with E-state index in [1.54, 1.807) is 0 Å². The summed E-state index contributed by atoms with van der Waals surface area (Å²) in [6.07, 6.45) is 3.76. The summed E-state index contributed by atoms with van der Waals surface area (Å²) in [6, 6.07) is 43.7. The van der Waals surface area contributed by atoms with Gasteiger partial charge in [-0.15, -0.1) is 42.4 Å². The van der Waals surface area contributed by atoms with Crippen LogP contribution in [0.5, 0.6) is 11.5 Å². The Labute approximate surface area is 388 Å². The summed E-state index contributed by atoms with van der Waals surface area (Å²) in [4.78, 5) is 14.3. The van der Waals surface area contributed by atoms with Crippen molar-refractivity contribution in [3.05, 3.63) is 168 Å². The first kappa shape index (κ1) is 43.9. The van der Waals surface area contributed by atoms with E-state index in [0.717, 1.165) is 44.8 Å². The van der Waals surface area contributed by atoms with Gasteiger partial charge in [0.05, 0.1) is 5.69 Å². The second-order valence-corrected chi connectivity index (χ2v) is 20.0. The molecule has 0 atom stereocenters. The largest absolute Gasteiger partial charge is 0.509 e. The fourth-order valence-electron chi connectivity index (χ4n) is 9.10. The standard InChI is InChI=1S/C56H56N5O.Pt/c1-35-27-36(2)51(37(3)28-35)38-29-45(55(7,8)9)52(46(30-38)56(10,11)12)60-34-59(53-48(60)21-16-25-58-53)40-17-15-18-41(32-40)62-42-22-23-44-43-19-13-14-20-47(43)61(49(44)33-42)50-31-39(24-26-57-50)54(4,5)6;/h13-31,34H,1-12H3;/q-3;. The summed E-state index contributed by atoms with van der Waals surface area (Å²) in [7, 11) is 0. The number of hydrogen-bond acceptors (Lipinski definition) is 5. The number of benzene rings is 5. The third kappa shape index (κ3) is 8.08. The van der Waals surface area contributed by atoms with Crippen molar-refractivity contribution in [3.8, 4) is 28.4 Å². The smallest absolute Gasteiger partial charge is 0.135 e. The van der Waals surface area contributed by atoms with E-state index < -0.39 is 0 Å². The van der Waals surface area contributed by atoms with Gasteiger partial charge in [0.25, 0.3) is 0 Å². The minimum atomic E-state index is -0.171. The number of aromatic nitrogens is 3. The van der Waals surface area contributed by atoms with Crippen molar-refractivity contribution >= 4 is 44.7 Å². The number of para-hydroxylation sites is 1. The maximum Gasteiger partial charge on any atom is 0.135 e. The predicted molar refractivity (Wildman–Crippen MR) is 258 cm³/mol. The van der Waals surface area contributed by atoms with Crippen LogP contribution in [-0.2, 0) is 37.3 Å². The summed E-state index contributed by atoms with van der Waals surface area (Å²) < 4.78 is 8.83. The van der Waals surface area contributed by atoms with Crippen molar-refractivity contribution in [2.75, 3.05) is 9.80 Å². The maximum atomic E-state index is 6.64. The van der Waals surface area contributed by atoms with Gasteiger partial charge in [-0.25, -0.2) is 9.97 Å². The molecule has 0 fully saturated rings. The van der Waals surface area contributed by atoms with E-state index in [1.807, 2.05) is 36.7 Å². The van der Waals surface area contributed by atoms with Crippen LogP contribution in [0, 0.1) is 39.6 Å². The first-order valence-corrected chi connectivity index (χ1v) is 21.6. The van der Waals surface area contributed by atoms with Crippen molar-refractivity contribution in [2.45, 2.75) is 99.3 Å². The number of fused-ring (bicyclic) bond motifs is 4. The normalized spacial score (nSPS) is 13.1. The minimum Gasteiger partial charge on any atom is -0.509 e. The van der Waals surface area contributed by atoms with Crippen LogP contribution in [0.15, 0.2) is 116 Å². The average molecular weight is 1010 g/mol. The molecule has 7 heteroatoms. The van der Waals surface area contributed by atoms with Gasteiger partial charge in [-0.3, -0.25) is 0 Å². The molecule has 324 valence electrons. The second kappa shape index (κ2) is 16.1. The SMILES string of the molecule is Cc1cc(C)c(-c2cc(C(C)(C)C)c(N3[CH-]N(c4[c-]c(Oc5[c-]c6c(cc5)c5ccccc5n6-c5cc(C(C)(C)C)ccn5)ccc4)c4ncccc43)c(C(C)(C)C)c2)c(C)c1.[Pt]. The summed E-state index contributed by atoms with van der Waals surface area (Å²) in [6.45, 7) is 29.4. The van der Waals surface area contributed by atoms with E-state index >= 15 is 0 Å². The summed E-state index contributed by atoms with van der Waals surface area (Å²) in [5, 5.41) is 2.23. The Kier molecular flexibility index (Phi) is 11.2. The van der Waals surface area contributed by atoms with Crippen molar-refractivity contribution in [1.82, 2.24) is 14.5 Å². The van der Waals surface area contributed by atoms with E-state index in [4.69, 9.17) is 14.7 Å². The van der Waals surface area contributed by atoms with E-state index in [0.29, 0.717) is 11.5 Å². The van der Waals surface area contributed by atoms with Gasteiger partial charge < -0.3 is 19.1 Å². The molecule has 0 unspecified atom stereocenters. The fourth-order valence-corrected chi connectivity index (χ4v) is 9.10. The van der Waals surface area contributed by atoms with Crippen molar-refractivity contribution in [2.24, 2.45) is 0 Å². The molecule has 0 spiro atoms. The summed E-state index contributed by atoms with van der Waals surface area (Å²) in [5.74, 6) is 2.86. The molecule has 5 aromatic carbocycles. The molecule has 1 aliphatic rings. The molecule has 0 saturated heterocycles. The quantitative estimate of drug-likeness (QED) is 0.155. The molecule has 0 aliphatic carbocycles. The fraction of sp³-hybridized carbons (Fsp3) is 0.268. The van der Waals surface area contributed by atoms with Gasteiger partial charge >= 0.3 is 0 Å². The number of anilines is 4. The Balaban J connectivity index is 0.00000544. The number of ether oxygens (including phenoxy) is 1. The number of hydrogen-bond donors (Lipinski definition) is 0. The molecule has 0 bridgehead atoms. The number of nitrogens with zero attached hydrogens (tertiary/aromatic N) is 5. The molecule has 4 heterocycles. The molecule has 0 N–H and O–H groups in total. The predicted octanol–water partition coefficient (Wildman–Crippen LogP) is 14.9. The second-order valence-electron chi connectivity index (χ2n) is 20.0. The van der Waals surface area contributed by atoms with E-state index in [-0.39, 0.29) is 37.3 Å². The Morgan fingerprint density at radius 1 is 0.603 bits per heavy atom. The first-order chi connectivity index (χ1) is 29.4. The third-order valence-corrected chi connectivity index (χ3v) is 12.0. The Hall–Kier alpha value is -5.71. The molecular weight excluding hydrogens is 954 g/mol. The monoisotopic (exact) mass is 1010 g/mol. The van der Waals surface area contributed by atoms with Gasteiger partial charge in [-0.1, -0.05) is 109 Å². The Bertz CT molecular complexity index is 2970. The van der Waals surface area contributed by atoms with Crippen molar-refractivity contribution in [3.63, 3.8) is 0 Å². The zero-order valence-corrected chi connectivity index (χ0v) is 40.8. The van der Waals surface area contributed by atoms with Gasteiger partial charge in [0.1, 0.15) is 11.6 Å². The van der Waals surface area contributed by atoms with Crippen LogP contribution < -0.4 is 14.5 Å². The summed E-state index contributed by atoms with van der Waals surface area (Å²) >= 11 is 0. The maximum absolute atomic E-state index is 6.64. The van der Waals surface area contributed by atoms with Crippen LogP contribution in [0.2, 0.25) is 0 Å². The topological polar surface area (TPSA) is 46.4 Å². The number of rotatable bonds is 6. The van der Waals surface area contributed by atoms with Crippen molar-refractivity contribution < 1.29 is 25.8 Å². The van der Waals surface area contributed by atoms with Crippen LogP contribution in [0.3, 0.4) is 0 Å². The van der Waals surface area contributed by atoms with Crippen molar-refractivity contribution in [1.29, 1.82) is 0 Å². The Morgan fingerprint density at radius 2 is 1.29 bits per heavy atom. The van der Waals surface area contributed by atoms with E-state index in [2.05, 4.69) is 195 Å². The molecule has 3 aromatic heterocycles. The number of aryl methyl sites for hydroxylation is 3. The summed E-state index contributed by atoms with van der Waals surface area (Å²) in [5.41, 5.74) is 14.8. The van der Waals surface area contributed by atoms with Gasteiger partial charge in [-0.2, -0.15) is 12.1 Å². The molecule has 0 amide bonds. The zero-order valence-electron chi connectivity index (χ0n) is 38.5. The molecule has 0 radical (unpaired) electrons. The molecule has 63 heavy (non-hydrogen) atoms. The van der Waals surface area contributed by atoms with E-state index in [1.165, 1.54) is 50.2 Å². The minimum absolute atomic E-state index is 0. The third-order valence-electron chi connectivity index (χ3n) is 12.0. The molecule has 6 nitrogen and oxygen atoms in total. The molecule has 1 aliphatic heterocycles. The molecular formula is C56H56N5OPt-3. The molecule has 8 aromatic rings.